The molecule has 32 heavy (non-hydrogen) atoms. The zero-order chi connectivity index (χ0) is 22.3. The van der Waals surface area contributed by atoms with Crippen LogP contribution in [0.25, 0.3) is 10.9 Å². The van der Waals surface area contributed by atoms with Crippen molar-refractivity contribution in [3.8, 4) is 17.2 Å². The molecule has 0 aliphatic heterocycles. The van der Waals surface area contributed by atoms with Crippen LogP contribution in [-0.4, -0.2) is 25.2 Å². The predicted octanol–water partition coefficient (Wildman–Crippen LogP) is 5.19. The number of benzene rings is 3. The Bertz CT molecular complexity index is 1240. The van der Waals surface area contributed by atoms with Gasteiger partial charge in [0.2, 0.25) is 0 Å². The van der Waals surface area contributed by atoms with E-state index in [-0.39, 0.29) is 12.2 Å². The normalized spacial score (nSPS) is 10.6. The molecule has 0 spiro atoms. The maximum Gasteiger partial charge on any atom is 0.345 e. The van der Waals surface area contributed by atoms with Gasteiger partial charge in [-0.3, -0.25) is 0 Å². The summed E-state index contributed by atoms with van der Waals surface area (Å²) < 4.78 is 22.0. The molecule has 0 radical (unpaired) electrons. The van der Waals surface area contributed by atoms with E-state index < -0.39 is 5.97 Å². The Morgan fingerprint density at radius 1 is 0.812 bits per heavy atom. The molecular formula is C26H23NO5. The molecule has 6 heteroatoms. The van der Waals surface area contributed by atoms with Crippen molar-refractivity contribution >= 4 is 16.9 Å². The number of rotatable bonds is 8. The maximum absolute atomic E-state index is 12.2. The summed E-state index contributed by atoms with van der Waals surface area (Å²) in [5.74, 6) is 0.981. The third kappa shape index (κ3) is 4.81. The Balaban J connectivity index is 1.44. The fourth-order valence-corrected chi connectivity index (χ4v) is 3.34. The van der Waals surface area contributed by atoms with Crippen LogP contribution in [-0.2, 0) is 18.0 Å². The molecule has 162 valence electrons. The molecule has 0 N–H and O–H groups in total. The van der Waals surface area contributed by atoms with Crippen LogP contribution < -0.4 is 14.2 Å². The van der Waals surface area contributed by atoms with Gasteiger partial charge >= 0.3 is 5.97 Å². The molecule has 0 unspecified atom stereocenters. The summed E-state index contributed by atoms with van der Waals surface area (Å²) >= 11 is 0. The van der Waals surface area contributed by atoms with Crippen LogP contribution in [0.1, 0.15) is 21.6 Å². The number of ether oxygens (including phenoxy) is 4. The third-order valence-corrected chi connectivity index (χ3v) is 4.93. The van der Waals surface area contributed by atoms with Crippen LogP contribution in [0.5, 0.6) is 17.2 Å². The molecule has 3 aromatic carbocycles. The minimum absolute atomic E-state index is 0.253. The molecule has 1 heterocycles. The molecular weight excluding hydrogens is 406 g/mol. The van der Waals surface area contributed by atoms with Crippen molar-refractivity contribution in [2.75, 3.05) is 14.2 Å². The smallest absolute Gasteiger partial charge is 0.345 e. The Hall–Kier alpha value is -4.06. The zero-order valence-corrected chi connectivity index (χ0v) is 17.9. The van der Waals surface area contributed by atoms with Gasteiger partial charge in [0, 0.05) is 5.39 Å². The number of esters is 1. The monoisotopic (exact) mass is 429 g/mol. The van der Waals surface area contributed by atoms with Gasteiger partial charge in [-0.2, -0.15) is 0 Å². The first kappa shape index (κ1) is 21.2. The van der Waals surface area contributed by atoms with Crippen molar-refractivity contribution in [1.29, 1.82) is 0 Å². The summed E-state index contributed by atoms with van der Waals surface area (Å²) in [4.78, 5) is 16.8. The second-order valence-electron chi connectivity index (χ2n) is 7.05. The highest BCUT2D eigenvalue weighted by molar-refractivity contribution is 5.95. The van der Waals surface area contributed by atoms with Crippen LogP contribution in [0.4, 0.5) is 0 Å². The highest BCUT2D eigenvalue weighted by Crippen LogP contribution is 2.30. The van der Waals surface area contributed by atoms with Gasteiger partial charge in [-0.1, -0.05) is 42.5 Å². The van der Waals surface area contributed by atoms with Crippen molar-refractivity contribution in [2.24, 2.45) is 0 Å². The molecule has 0 saturated carbocycles. The predicted molar refractivity (Wildman–Crippen MR) is 121 cm³/mol. The summed E-state index contributed by atoms with van der Waals surface area (Å²) in [5.41, 5.74) is 2.94. The van der Waals surface area contributed by atoms with Crippen LogP contribution in [0, 0.1) is 0 Å². The quantitative estimate of drug-likeness (QED) is 0.359. The Labute approximate surface area is 186 Å². The van der Waals surface area contributed by atoms with Gasteiger partial charge in [-0.25, -0.2) is 9.78 Å². The van der Waals surface area contributed by atoms with Crippen molar-refractivity contribution < 1.29 is 23.7 Å². The van der Waals surface area contributed by atoms with E-state index in [1.807, 2.05) is 60.7 Å². The van der Waals surface area contributed by atoms with E-state index in [1.54, 1.807) is 18.2 Å². The molecule has 6 nitrogen and oxygen atoms in total. The number of methoxy groups -OCH3 is 2. The lowest BCUT2D eigenvalue weighted by Crippen LogP contribution is -2.08. The second-order valence-corrected chi connectivity index (χ2v) is 7.05. The highest BCUT2D eigenvalue weighted by Gasteiger charge is 2.19. The molecule has 4 rings (SSSR count). The van der Waals surface area contributed by atoms with E-state index in [0.29, 0.717) is 23.9 Å². The first-order valence-electron chi connectivity index (χ1n) is 10.1. The minimum Gasteiger partial charge on any atom is -0.496 e. The first-order valence-corrected chi connectivity index (χ1v) is 10.1. The van der Waals surface area contributed by atoms with Gasteiger partial charge in [0.25, 0.3) is 0 Å². The molecule has 1 aromatic heterocycles. The summed E-state index contributed by atoms with van der Waals surface area (Å²) in [6.07, 6.45) is 0. The van der Waals surface area contributed by atoms with E-state index in [2.05, 4.69) is 4.98 Å². The number of carbonyl (C=O) groups excluding carboxylic acids is 1. The molecule has 0 atom stereocenters. The zero-order valence-electron chi connectivity index (χ0n) is 17.9. The van der Waals surface area contributed by atoms with E-state index in [9.17, 15) is 4.79 Å². The fraction of sp³-hybridized carbons (Fsp3) is 0.154. The average Bonchev–Trinajstić information content (AvgIpc) is 2.85. The van der Waals surface area contributed by atoms with Crippen molar-refractivity contribution in [1.82, 2.24) is 4.98 Å². The summed E-state index contributed by atoms with van der Waals surface area (Å²) in [7, 11) is 2.82. The molecule has 0 fully saturated rings. The lowest BCUT2D eigenvalue weighted by Gasteiger charge is -2.14. The number of nitrogens with zero attached hydrogens (tertiary/aromatic N) is 1. The van der Waals surface area contributed by atoms with Crippen LogP contribution in [0.15, 0.2) is 78.9 Å². The lowest BCUT2D eigenvalue weighted by atomic mass is 10.1. The number of pyridine rings is 1. The number of fused-ring (bicyclic) bond motifs is 1. The summed E-state index contributed by atoms with van der Waals surface area (Å²) in [6, 6.07) is 24.8. The SMILES string of the molecule is COC(=O)c1c(OC)cccc1OCc1cccc(OCc2ccc3ccccc3n2)c1. The summed E-state index contributed by atoms with van der Waals surface area (Å²) in [5, 5.41) is 1.10. The number of para-hydroxylation sites is 1. The van der Waals surface area contributed by atoms with Crippen LogP contribution in [0.2, 0.25) is 0 Å². The Morgan fingerprint density at radius 2 is 1.62 bits per heavy atom. The maximum atomic E-state index is 12.2. The Morgan fingerprint density at radius 3 is 2.47 bits per heavy atom. The number of hydrogen-bond donors (Lipinski definition) is 0. The van der Waals surface area contributed by atoms with E-state index in [4.69, 9.17) is 18.9 Å². The van der Waals surface area contributed by atoms with E-state index >= 15 is 0 Å². The molecule has 0 bridgehead atoms. The lowest BCUT2D eigenvalue weighted by molar-refractivity contribution is 0.0591. The van der Waals surface area contributed by atoms with Gasteiger partial charge in [0.1, 0.15) is 36.0 Å². The van der Waals surface area contributed by atoms with E-state index in [0.717, 1.165) is 22.2 Å². The van der Waals surface area contributed by atoms with Gasteiger partial charge in [0.05, 0.1) is 25.4 Å². The molecule has 0 amide bonds. The largest absolute Gasteiger partial charge is 0.496 e. The van der Waals surface area contributed by atoms with Gasteiger partial charge in [0.15, 0.2) is 0 Å². The molecule has 0 saturated heterocycles. The van der Waals surface area contributed by atoms with Gasteiger partial charge < -0.3 is 18.9 Å². The third-order valence-electron chi connectivity index (χ3n) is 4.93. The van der Waals surface area contributed by atoms with Crippen LogP contribution >= 0.6 is 0 Å². The molecule has 0 aliphatic carbocycles. The topological polar surface area (TPSA) is 66.9 Å². The van der Waals surface area contributed by atoms with Crippen LogP contribution in [0.3, 0.4) is 0 Å². The second kappa shape index (κ2) is 9.83. The highest BCUT2D eigenvalue weighted by atomic mass is 16.5. The van der Waals surface area contributed by atoms with E-state index in [1.165, 1.54) is 14.2 Å². The number of hydrogen-bond acceptors (Lipinski definition) is 6. The Kier molecular flexibility index (Phi) is 6.51. The van der Waals surface area contributed by atoms with Gasteiger partial charge in [-0.15, -0.1) is 0 Å². The number of aromatic nitrogens is 1. The van der Waals surface area contributed by atoms with Gasteiger partial charge in [-0.05, 0) is 42.0 Å². The standard InChI is InChI=1S/C26H23NO5/c1-29-23-11-6-12-24(25(23)26(28)30-2)32-16-18-7-5-9-21(15-18)31-17-20-14-13-19-8-3-4-10-22(19)27-20/h3-15H,16-17H2,1-2H3. The minimum atomic E-state index is -0.516. The molecule has 4 aromatic rings. The van der Waals surface area contributed by atoms with Crippen molar-refractivity contribution in [2.45, 2.75) is 13.2 Å². The first-order chi connectivity index (χ1) is 15.7. The fourth-order valence-electron chi connectivity index (χ4n) is 3.34. The molecule has 0 aliphatic rings. The average molecular weight is 429 g/mol. The number of carbonyl (C=O) groups is 1. The summed E-state index contributed by atoms with van der Waals surface area (Å²) in [6.45, 7) is 0.611. The van der Waals surface area contributed by atoms with Crippen molar-refractivity contribution in [3.63, 3.8) is 0 Å². The van der Waals surface area contributed by atoms with Crippen molar-refractivity contribution in [3.05, 3.63) is 95.7 Å².